The van der Waals surface area contributed by atoms with Gasteiger partial charge in [-0.2, -0.15) is 0 Å². The fraction of sp³-hybridized carbons (Fsp3) is 0.940. The van der Waals surface area contributed by atoms with Gasteiger partial charge in [-0.15, -0.1) is 0 Å². The summed E-state index contributed by atoms with van der Waals surface area (Å²) < 4.78 is 16.8. The molecule has 0 fully saturated rings. The van der Waals surface area contributed by atoms with Crippen LogP contribution >= 0.6 is 0 Å². The van der Waals surface area contributed by atoms with Crippen molar-refractivity contribution in [1.29, 1.82) is 0 Å². The van der Waals surface area contributed by atoms with Crippen LogP contribution in [-0.4, -0.2) is 37.2 Å². The van der Waals surface area contributed by atoms with Gasteiger partial charge in [-0.3, -0.25) is 14.4 Å². The van der Waals surface area contributed by atoms with Crippen molar-refractivity contribution in [2.45, 2.75) is 272 Å². The summed E-state index contributed by atoms with van der Waals surface area (Å²) in [7, 11) is 0. The molecule has 0 bridgehead atoms. The van der Waals surface area contributed by atoms with Crippen LogP contribution in [0.5, 0.6) is 0 Å². The van der Waals surface area contributed by atoms with Crippen molar-refractivity contribution in [3.05, 3.63) is 0 Å². The van der Waals surface area contributed by atoms with Gasteiger partial charge in [0.05, 0.1) is 0 Å². The molecular weight excluding hydrogens is 697 g/mol. The summed E-state index contributed by atoms with van der Waals surface area (Å²) in [6, 6.07) is 0. The first-order chi connectivity index (χ1) is 27.1. The molecule has 2 atom stereocenters. The van der Waals surface area contributed by atoms with Crippen molar-refractivity contribution in [3.63, 3.8) is 0 Å². The largest absolute Gasteiger partial charge is 0.462 e. The number of hydrogen-bond acceptors (Lipinski definition) is 6. The molecule has 0 aromatic heterocycles. The Morgan fingerprint density at radius 3 is 0.929 bits per heavy atom. The highest BCUT2D eigenvalue weighted by Crippen LogP contribution is 2.18. The van der Waals surface area contributed by atoms with Crippen LogP contribution in [-0.2, 0) is 28.6 Å². The third-order valence-corrected chi connectivity index (χ3v) is 11.5. The predicted octanol–water partition coefficient (Wildman–Crippen LogP) is 15.6. The molecule has 0 saturated carbocycles. The minimum atomic E-state index is -0.762. The van der Waals surface area contributed by atoms with Gasteiger partial charge in [-0.25, -0.2) is 0 Å². The SMILES string of the molecule is CCC(C)CCCCCCCCCCCCC(=O)OC[C@H](COC(=O)CCCCCCCCC(C)C)OC(=O)CCCCCCCCCCCCCCC(C)C. The second-order valence-corrected chi connectivity index (χ2v) is 18.3. The number of unbranched alkanes of at least 4 members (excludes halogenated alkanes) is 25. The number of carbonyl (C=O) groups excluding carboxylic acids is 3. The highest BCUT2D eigenvalue weighted by molar-refractivity contribution is 5.71. The topological polar surface area (TPSA) is 78.9 Å². The van der Waals surface area contributed by atoms with E-state index < -0.39 is 6.10 Å². The fourth-order valence-corrected chi connectivity index (χ4v) is 7.38. The highest BCUT2D eigenvalue weighted by atomic mass is 16.6. The van der Waals surface area contributed by atoms with E-state index in [4.69, 9.17) is 14.2 Å². The molecule has 0 rings (SSSR count). The maximum Gasteiger partial charge on any atom is 0.306 e. The summed E-state index contributed by atoms with van der Waals surface area (Å²) in [6.07, 6.45) is 39.5. The Morgan fingerprint density at radius 1 is 0.357 bits per heavy atom. The highest BCUT2D eigenvalue weighted by Gasteiger charge is 2.19. The number of esters is 3. The van der Waals surface area contributed by atoms with E-state index in [2.05, 4.69) is 41.5 Å². The van der Waals surface area contributed by atoms with Gasteiger partial charge < -0.3 is 14.2 Å². The first-order valence-electron chi connectivity index (χ1n) is 24.6. The molecule has 0 N–H and O–H groups in total. The summed E-state index contributed by atoms with van der Waals surface area (Å²) in [5.74, 6) is 1.60. The molecular formula is C50H96O6. The molecule has 0 amide bonds. The predicted molar refractivity (Wildman–Crippen MR) is 238 cm³/mol. The maximum atomic E-state index is 12.8. The molecule has 1 unspecified atom stereocenters. The minimum Gasteiger partial charge on any atom is -0.462 e. The molecule has 6 heteroatoms. The first-order valence-corrected chi connectivity index (χ1v) is 24.6. The molecule has 0 aromatic carbocycles. The summed E-state index contributed by atoms with van der Waals surface area (Å²) in [5, 5.41) is 0. The summed E-state index contributed by atoms with van der Waals surface area (Å²) >= 11 is 0. The smallest absolute Gasteiger partial charge is 0.306 e. The van der Waals surface area contributed by atoms with E-state index >= 15 is 0 Å². The molecule has 0 aromatic rings. The van der Waals surface area contributed by atoms with E-state index in [0.717, 1.165) is 75.5 Å². The maximum absolute atomic E-state index is 12.8. The molecule has 6 nitrogen and oxygen atoms in total. The monoisotopic (exact) mass is 793 g/mol. The van der Waals surface area contributed by atoms with Gasteiger partial charge in [0.15, 0.2) is 6.10 Å². The molecule has 0 radical (unpaired) electrons. The summed E-state index contributed by atoms with van der Waals surface area (Å²) in [5.41, 5.74) is 0. The zero-order valence-corrected chi connectivity index (χ0v) is 38.4. The Hall–Kier alpha value is -1.59. The van der Waals surface area contributed by atoms with E-state index in [0.29, 0.717) is 19.3 Å². The van der Waals surface area contributed by atoms with Crippen molar-refractivity contribution >= 4 is 17.9 Å². The Balaban J connectivity index is 4.31. The third kappa shape index (κ3) is 42.0. The summed E-state index contributed by atoms with van der Waals surface area (Å²) in [4.78, 5) is 37.8. The Kier molecular flexibility index (Phi) is 40.4. The molecule has 0 aliphatic rings. The lowest BCUT2D eigenvalue weighted by Crippen LogP contribution is -2.30. The van der Waals surface area contributed by atoms with Crippen LogP contribution < -0.4 is 0 Å². The van der Waals surface area contributed by atoms with Gasteiger partial charge in [0.2, 0.25) is 0 Å². The lowest BCUT2D eigenvalue weighted by Gasteiger charge is -2.18. The molecule has 0 spiro atoms. The number of ether oxygens (including phenoxy) is 3. The first kappa shape index (κ1) is 54.4. The Bertz CT molecular complexity index is 870. The number of rotatable bonds is 43. The fourth-order valence-electron chi connectivity index (χ4n) is 7.38. The Labute approximate surface area is 348 Å². The summed E-state index contributed by atoms with van der Waals surface area (Å²) in [6.45, 7) is 13.7. The molecule has 0 aliphatic carbocycles. The quantitative estimate of drug-likeness (QED) is 0.0348. The van der Waals surface area contributed by atoms with E-state index in [9.17, 15) is 14.4 Å². The number of hydrogen-bond donors (Lipinski definition) is 0. The average Bonchev–Trinajstić information content (AvgIpc) is 3.16. The second kappa shape index (κ2) is 41.6. The van der Waals surface area contributed by atoms with Crippen LogP contribution in [0.15, 0.2) is 0 Å². The zero-order valence-electron chi connectivity index (χ0n) is 38.4. The van der Waals surface area contributed by atoms with Gasteiger partial charge in [0, 0.05) is 19.3 Å². The molecule has 0 saturated heterocycles. The average molecular weight is 793 g/mol. The molecule has 0 aliphatic heterocycles. The minimum absolute atomic E-state index is 0.0659. The van der Waals surface area contributed by atoms with Crippen LogP contribution in [0.3, 0.4) is 0 Å². The normalized spacial score (nSPS) is 12.6. The van der Waals surface area contributed by atoms with Crippen LogP contribution in [0, 0.1) is 17.8 Å². The van der Waals surface area contributed by atoms with Crippen molar-refractivity contribution in [1.82, 2.24) is 0 Å². The van der Waals surface area contributed by atoms with Gasteiger partial charge in [0.25, 0.3) is 0 Å². The van der Waals surface area contributed by atoms with E-state index in [1.54, 1.807) is 0 Å². The van der Waals surface area contributed by atoms with E-state index in [1.807, 2.05) is 0 Å². The number of carbonyl (C=O) groups is 3. The standard InChI is InChI=1S/C50H96O6/c1-7-46(6)38-32-26-19-15-12-13-16-20-27-33-39-48(51)54-42-47(43-55-49(52)40-34-28-23-22-25-31-37-45(4)5)56-50(53)41-35-29-21-17-11-9-8-10-14-18-24-30-36-44(2)3/h44-47H,7-43H2,1-6H3/t46?,47-/m1/s1. The van der Waals surface area contributed by atoms with Crippen molar-refractivity contribution in [2.75, 3.05) is 13.2 Å². The van der Waals surface area contributed by atoms with Crippen molar-refractivity contribution in [2.24, 2.45) is 17.8 Å². The van der Waals surface area contributed by atoms with Crippen LogP contribution in [0.2, 0.25) is 0 Å². The lowest BCUT2D eigenvalue weighted by molar-refractivity contribution is -0.167. The van der Waals surface area contributed by atoms with E-state index in [-0.39, 0.29) is 31.1 Å². The molecule has 332 valence electrons. The molecule has 56 heavy (non-hydrogen) atoms. The lowest BCUT2D eigenvalue weighted by atomic mass is 9.99. The van der Waals surface area contributed by atoms with Crippen molar-refractivity contribution < 1.29 is 28.6 Å². The van der Waals surface area contributed by atoms with Crippen molar-refractivity contribution in [3.8, 4) is 0 Å². The molecule has 0 heterocycles. The van der Waals surface area contributed by atoms with Gasteiger partial charge in [-0.05, 0) is 37.0 Å². The van der Waals surface area contributed by atoms with Crippen LogP contribution in [0.4, 0.5) is 0 Å². The van der Waals surface area contributed by atoms with Gasteiger partial charge >= 0.3 is 17.9 Å². The van der Waals surface area contributed by atoms with Gasteiger partial charge in [-0.1, -0.05) is 228 Å². The van der Waals surface area contributed by atoms with Crippen LogP contribution in [0.25, 0.3) is 0 Å². The second-order valence-electron chi connectivity index (χ2n) is 18.3. The third-order valence-electron chi connectivity index (χ3n) is 11.5. The van der Waals surface area contributed by atoms with Crippen LogP contribution in [0.1, 0.15) is 266 Å². The van der Waals surface area contributed by atoms with E-state index in [1.165, 1.54) is 148 Å². The Morgan fingerprint density at radius 2 is 0.625 bits per heavy atom. The zero-order chi connectivity index (χ0) is 41.3. The van der Waals surface area contributed by atoms with Gasteiger partial charge in [0.1, 0.15) is 13.2 Å².